The van der Waals surface area contributed by atoms with Crippen LogP contribution in [-0.2, 0) is 11.3 Å². The largest absolute Gasteiger partial charge is 0.457 e. The van der Waals surface area contributed by atoms with Crippen LogP contribution < -0.4 is 5.73 Å². The van der Waals surface area contributed by atoms with Gasteiger partial charge >= 0.3 is 5.97 Å². The number of hydrogen-bond donors (Lipinski definition) is 1. The van der Waals surface area contributed by atoms with Crippen LogP contribution in [0.2, 0.25) is 15.1 Å². The maximum absolute atomic E-state index is 11.9. The van der Waals surface area contributed by atoms with Gasteiger partial charge in [0.05, 0.1) is 26.3 Å². The zero-order chi connectivity index (χ0) is 14.7. The van der Waals surface area contributed by atoms with Gasteiger partial charge < -0.3 is 10.5 Å². The third-order valence-electron chi connectivity index (χ3n) is 2.62. The van der Waals surface area contributed by atoms with Gasteiger partial charge in [-0.15, -0.1) is 0 Å². The molecule has 0 radical (unpaired) electrons. The first-order valence-corrected chi connectivity index (χ1v) is 6.77. The summed E-state index contributed by atoms with van der Waals surface area (Å²) in [5.41, 5.74) is 6.91. The molecule has 0 bridgehead atoms. The molecule has 0 aromatic heterocycles. The van der Waals surface area contributed by atoms with E-state index in [1.807, 2.05) is 0 Å². The highest BCUT2D eigenvalue weighted by atomic mass is 35.5. The van der Waals surface area contributed by atoms with Crippen LogP contribution in [0.1, 0.15) is 15.9 Å². The van der Waals surface area contributed by atoms with Gasteiger partial charge in [0.1, 0.15) is 6.61 Å². The van der Waals surface area contributed by atoms with Gasteiger partial charge in [-0.1, -0.05) is 46.9 Å². The number of rotatable bonds is 3. The highest BCUT2D eigenvalue weighted by Gasteiger charge is 2.11. The summed E-state index contributed by atoms with van der Waals surface area (Å²) in [4.78, 5) is 11.9. The maximum atomic E-state index is 11.9. The Morgan fingerprint density at radius 2 is 1.85 bits per heavy atom. The molecule has 0 aliphatic carbocycles. The van der Waals surface area contributed by atoms with Crippen LogP contribution >= 0.6 is 34.8 Å². The lowest BCUT2D eigenvalue weighted by molar-refractivity contribution is 0.0473. The number of carbonyl (C=O) groups excluding carboxylic acids is 1. The Morgan fingerprint density at radius 1 is 1.10 bits per heavy atom. The molecule has 20 heavy (non-hydrogen) atoms. The topological polar surface area (TPSA) is 52.3 Å². The Morgan fingerprint density at radius 3 is 2.55 bits per heavy atom. The summed E-state index contributed by atoms with van der Waals surface area (Å²) in [6.07, 6.45) is 0. The van der Waals surface area contributed by atoms with E-state index < -0.39 is 5.97 Å². The van der Waals surface area contributed by atoms with E-state index in [0.717, 1.165) is 0 Å². The summed E-state index contributed by atoms with van der Waals surface area (Å²) in [7, 11) is 0. The summed E-state index contributed by atoms with van der Waals surface area (Å²) < 4.78 is 5.16. The number of hydrogen-bond acceptors (Lipinski definition) is 3. The van der Waals surface area contributed by atoms with Crippen molar-refractivity contribution >= 4 is 46.5 Å². The summed E-state index contributed by atoms with van der Waals surface area (Å²) >= 11 is 17.7. The minimum absolute atomic E-state index is 0.0285. The van der Waals surface area contributed by atoms with Gasteiger partial charge in [-0.2, -0.15) is 0 Å². The van der Waals surface area contributed by atoms with E-state index in [1.165, 1.54) is 6.07 Å². The number of ether oxygens (including phenoxy) is 1. The minimum atomic E-state index is -0.510. The van der Waals surface area contributed by atoms with Crippen LogP contribution in [-0.4, -0.2) is 5.97 Å². The molecule has 2 N–H and O–H groups in total. The average Bonchev–Trinajstić information content (AvgIpc) is 2.43. The lowest BCUT2D eigenvalue weighted by atomic mass is 10.2. The molecule has 0 saturated carbocycles. The van der Waals surface area contributed by atoms with E-state index in [-0.39, 0.29) is 6.61 Å². The molecule has 3 nitrogen and oxygen atoms in total. The predicted molar refractivity (Wildman–Crippen MR) is 81.4 cm³/mol. The number of nitrogens with two attached hydrogens (primary N) is 1. The van der Waals surface area contributed by atoms with Crippen molar-refractivity contribution in [1.82, 2.24) is 0 Å². The molecule has 0 atom stereocenters. The van der Waals surface area contributed by atoms with E-state index >= 15 is 0 Å². The first-order valence-electron chi connectivity index (χ1n) is 5.64. The number of nitrogen functional groups attached to an aromatic ring is 1. The van der Waals surface area contributed by atoms with E-state index in [0.29, 0.717) is 31.9 Å². The Labute approximate surface area is 131 Å². The Hall–Kier alpha value is -1.42. The summed E-state index contributed by atoms with van der Waals surface area (Å²) in [6, 6.07) is 9.68. The van der Waals surface area contributed by atoms with Gasteiger partial charge in [0, 0.05) is 5.56 Å². The van der Waals surface area contributed by atoms with Crippen LogP contribution in [0.25, 0.3) is 0 Å². The van der Waals surface area contributed by atoms with Crippen LogP contribution in [0.15, 0.2) is 36.4 Å². The van der Waals surface area contributed by atoms with Crippen molar-refractivity contribution in [2.75, 3.05) is 5.73 Å². The molecule has 0 fully saturated rings. The monoisotopic (exact) mass is 329 g/mol. The second-order valence-corrected chi connectivity index (χ2v) is 5.22. The molecule has 2 aromatic carbocycles. The molecule has 0 unspecified atom stereocenters. The normalized spacial score (nSPS) is 10.3. The summed E-state index contributed by atoms with van der Waals surface area (Å²) in [5, 5.41) is 1.17. The minimum Gasteiger partial charge on any atom is -0.457 e. The molecule has 0 heterocycles. The quantitative estimate of drug-likeness (QED) is 0.661. The zero-order valence-electron chi connectivity index (χ0n) is 10.2. The highest BCUT2D eigenvalue weighted by Crippen LogP contribution is 2.26. The van der Waals surface area contributed by atoms with Crippen molar-refractivity contribution < 1.29 is 9.53 Å². The standard InChI is InChI=1S/C14H10Cl3NO2/c15-10-5-4-8(6-12(10)18)14(19)20-7-9-2-1-3-11(16)13(9)17/h1-6H,7,18H2. The molecule has 0 amide bonds. The van der Waals surface area contributed by atoms with Crippen LogP contribution in [0.3, 0.4) is 0 Å². The van der Waals surface area contributed by atoms with Gasteiger partial charge in [-0.3, -0.25) is 0 Å². The number of halogens is 3. The fraction of sp³-hybridized carbons (Fsp3) is 0.0714. The lowest BCUT2D eigenvalue weighted by Crippen LogP contribution is -2.06. The molecule has 2 aromatic rings. The Balaban J connectivity index is 2.08. The highest BCUT2D eigenvalue weighted by molar-refractivity contribution is 6.42. The van der Waals surface area contributed by atoms with Gasteiger partial charge in [-0.25, -0.2) is 4.79 Å². The third-order valence-corrected chi connectivity index (χ3v) is 3.82. The predicted octanol–water partition coefficient (Wildman–Crippen LogP) is 4.59. The van der Waals surface area contributed by atoms with Crippen LogP contribution in [0.4, 0.5) is 5.69 Å². The van der Waals surface area contributed by atoms with Crippen molar-refractivity contribution in [3.8, 4) is 0 Å². The van der Waals surface area contributed by atoms with E-state index in [1.54, 1.807) is 30.3 Å². The second-order valence-electron chi connectivity index (χ2n) is 4.03. The molecule has 0 aliphatic heterocycles. The maximum Gasteiger partial charge on any atom is 0.338 e. The molecule has 2 rings (SSSR count). The Bertz CT molecular complexity index is 659. The molecular weight excluding hydrogens is 321 g/mol. The number of benzene rings is 2. The summed E-state index contributed by atoms with van der Waals surface area (Å²) in [6.45, 7) is 0.0285. The molecule has 0 spiro atoms. The van der Waals surface area contributed by atoms with Gasteiger partial charge in [0.2, 0.25) is 0 Å². The second kappa shape index (κ2) is 6.35. The summed E-state index contributed by atoms with van der Waals surface area (Å²) in [5.74, 6) is -0.510. The number of esters is 1. The number of anilines is 1. The van der Waals surface area contributed by atoms with Gasteiger partial charge in [0.15, 0.2) is 0 Å². The van der Waals surface area contributed by atoms with Crippen molar-refractivity contribution in [3.63, 3.8) is 0 Å². The average molecular weight is 331 g/mol. The first-order chi connectivity index (χ1) is 9.49. The van der Waals surface area contributed by atoms with E-state index in [9.17, 15) is 4.79 Å². The van der Waals surface area contributed by atoms with E-state index in [2.05, 4.69) is 0 Å². The van der Waals surface area contributed by atoms with Crippen molar-refractivity contribution in [3.05, 3.63) is 62.6 Å². The fourth-order valence-electron chi connectivity index (χ4n) is 1.56. The molecule has 0 aliphatic rings. The fourth-order valence-corrected chi connectivity index (χ4v) is 2.05. The molecule has 6 heteroatoms. The zero-order valence-corrected chi connectivity index (χ0v) is 12.5. The van der Waals surface area contributed by atoms with Gasteiger partial charge in [0.25, 0.3) is 0 Å². The van der Waals surface area contributed by atoms with Crippen molar-refractivity contribution in [1.29, 1.82) is 0 Å². The first kappa shape index (κ1) is 15.0. The Kier molecular flexibility index (Phi) is 4.76. The van der Waals surface area contributed by atoms with Crippen molar-refractivity contribution in [2.24, 2.45) is 0 Å². The third kappa shape index (κ3) is 3.37. The van der Waals surface area contributed by atoms with Crippen molar-refractivity contribution in [2.45, 2.75) is 6.61 Å². The van der Waals surface area contributed by atoms with E-state index in [4.69, 9.17) is 45.3 Å². The van der Waals surface area contributed by atoms with Crippen LogP contribution in [0.5, 0.6) is 0 Å². The lowest BCUT2D eigenvalue weighted by Gasteiger charge is -2.08. The number of carbonyl (C=O) groups is 1. The molecule has 0 saturated heterocycles. The molecular formula is C14H10Cl3NO2. The van der Waals surface area contributed by atoms with Crippen LogP contribution in [0, 0.1) is 0 Å². The van der Waals surface area contributed by atoms with Gasteiger partial charge in [-0.05, 0) is 24.3 Å². The molecule has 104 valence electrons. The smallest absolute Gasteiger partial charge is 0.338 e. The SMILES string of the molecule is Nc1cc(C(=O)OCc2cccc(Cl)c2Cl)ccc1Cl.